The summed E-state index contributed by atoms with van der Waals surface area (Å²) in [6.45, 7) is 2.18. The zero-order valence-electron chi connectivity index (χ0n) is 13.1. The molecule has 0 spiro atoms. The third-order valence-corrected chi connectivity index (χ3v) is 4.87. The van der Waals surface area contributed by atoms with Gasteiger partial charge in [-0.3, -0.25) is 4.79 Å². The molecule has 0 aromatic heterocycles. The molecule has 0 atom stereocenters. The molecule has 26 heavy (non-hydrogen) atoms. The van der Waals surface area contributed by atoms with Crippen molar-refractivity contribution in [3.05, 3.63) is 47.5 Å². The molecule has 0 unspecified atom stereocenters. The van der Waals surface area contributed by atoms with E-state index < -0.39 is 57.3 Å². The fourth-order valence-corrected chi connectivity index (χ4v) is 3.50. The number of sulfonamides is 1. The topological polar surface area (TPSA) is 80.5 Å². The third kappa shape index (κ3) is 5.73. The summed E-state index contributed by atoms with van der Waals surface area (Å²) < 4.78 is 102. The molecule has 0 radical (unpaired) electrons. The molecule has 0 saturated heterocycles. The summed E-state index contributed by atoms with van der Waals surface area (Å²) in [5.41, 5.74) is 0.463. The molecule has 0 aliphatic rings. The van der Waals surface area contributed by atoms with Crippen molar-refractivity contribution < 1.29 is 39.6 Å². The maximum absolute atomic E-state index is 12.9. The molecule has 1 amide bonds. The van der Waals surface area contributed by atoms with Gasteiger partial charge in [0.1, 0.15) is 0 Å². The fourth-order valence-electron chi connectivity index (χ4n) is 2.06. The largest absolute Gasteiger partial charge is 0.417 e. The number of amides is 1. The number of nitrogens with zero attached hydrogens (tertiary/aromatic N) is 1. The van der Waals surface area contributed by atoms with Crippen LogP contribution in [0.15, 0.2) is 30.9 Å². The van der Waals surface area contributed by atoms with Gasteiger partial charge in [0.2, 0.25) is 15.9 Å². The molecule has 0 fully saturated rings. The van der Waals surface area contributed by atoms with Crippen LogP contribution in [-0.2, 0) is 32.9 Å². The van der Waals surface area contributed by atoms with E-state index in [0.717, 1.165) is 6.08 Å². The van der Waals surface area contributed by atoms with Crippen LogP contribution in [0.5, 0.6) is 0 Å². The van der Waals surface area contributed by atoms with Gasteiger partial charge in [-0.15, -0.1) is 6.58 Å². The molecule has 146 valence electrons. The van der Waals surface area contributed by atoms with Gasteiger partial charge in [0.15, 0.2) is 0 Å². The first kappa shape index (κ1) is 22.0. The highest BCUT2D eigenvalue weighted by Crippen LogP contribution is 2.40. The molecule has 0 saturated carbocycles. The van der Waals surface area contributed by atoms with Gasteiger partial charge in [0.25, 0.3) is 0 Å². The Morgan fingerprint density at radius 3 is 2.08 bits per heavy atom. The van der Waals surface area contributed by atoms with Gasteiger partial charge >= 0.3 is 12.4 Å². The molecule has 0 bridgehead atoms. The highest BCUT2D eigenvalue weighted by Gasteiger charge is 2.43. The highest BCUT2D eigenvalue weighted by molar-refractivity contribution is 7.88. The lowest BCUT2D eigenvalue weighted by atomic mass is 10.0. The molecule has 0 aliphatic heterocycles. The van der Waals surface area contributed by atoms with Crippen molar-refractivity contribution in [1.29, 1.82) is 0 Å². The predicted molar refractivity (Wildman–Crippen MR) is 80.0 cm³/mol. The normalized spacial score (nSPS) is 13.0. The van der Waals surface area contributed by atoms with E-state index >= 15 is 0 Å². The summed E-state index contributed by atoms with van der Waals surface area (Å²) in [6.07, 6.45) is -9.48. The molecule has 2 N–H and O–H groups in total. The van der Waals surface area contributed by atoms with Crippen LogP contribution in [-0.4, -0.2) is 31.7 Å². The molecular formula is C14H14F6N2O3S. The Morgan fingerprint density at radius 1 is 1.12 bits per heavy atom. The second kappa shape index (κ2) is 7.66. The maximum Gasteiger partial charge on any atom is 0.417 e. The molecule has 5 nitrogen and oxygen atoms in total. The number of primary amides is 1. The van der Waals surface area contributed by atoms with E-state index in [1.807, 2.05) is 0 Å². The Bertz CT molecular complexity index is 787. The van der Waals surface area contributed by atoms with Crippen LogP contribution in [0.25, 0.3) is 0 Å². The lowest BCUT2D eigenvalue weighted by molar-refractivity contribution is -0.162. The fraction of sp³-hybridized carbons (Fsp3) is 0.357. The summed E-state index contributed by atoms with van der Waals surface area (Å²) in [4.78, 5) is 10.9. The van der Waals surface area contributed by atoms with Crippen molar-refractivity contribution in [3.8, 4) is 0 Å². The van der Waals surface area contributed by atoms with Crippen molar-refractivity contribution in [2.45, 2.75) is 18.1 Å². The number of nitrogens with two attached hydrogens (primary N) is 1. The maximum atomic E-state index is 12.9. The number of halogens is 6. The molecular weight excluding hydrogens is 390 g/mol. The average molecular weight is 404 g/mol. The number of alkyl halides is 6. The monoisotopic (exact) mass is 404 g/mol. The lowest BCUT2D eigenvalue weighted by Gasteiger charge is -2.20. The van der Waals surface area contributed by atoms with E-state index in [0.29, 0.717) is 10.4 Å². The van der Waals surface area contributed by atoms with Crippen LogP contribution in [0, 0.1) is 0 Å². The number of carbonyl (C=O) groups is 1. The first-order chi connectivity index (χ1) is 11.7. The van der Waals surface area contributed by atoms with E-state index in [1.165, 1.54) is 0 Å². The first-order valence-corrected chi connectivity index (χ1v) is 8.43. The molecule has 12 heteroatoms. The molecule has 1 rings (SSSR count). The van der Waals surface area contributed by atoms with E-state index in [2.05, 4.69) is 6.58 Å². The Hall–Kier alpha value is -2.08. The summed E-state index contributed by atoms with van der Waals surface area (Å²) in [5, 5.41) is 0. The Morgan fingerprint density at radius 2 is 1.65 bits per heavy atom. The molecule has 0 aliphatic carbocycles. The standard InChI is InChI=1S/C14H14F6N2O3S/c1-2-5-22(7-12(21)23)26(24,25)8-9-3-4-10(13(15,16)17)11(6-9)14(18,19)20/h2-4,6H,1,5,7-8H2,(H2,21,23). The highest BCUT2D eigenvalue weighted by atomic mass is 32.2. The van der Waals surface area contributed by atoms with Crippen molar-refractivity contribution in [2.75, 3.05) is 13.1 Å². The number of benzene rings is 1. The number of hydrogen-bond acceptors (Lipinski definition) is 3. The second-order valence-corrected chi connectivity index (χ2v) is 7.15. The van der Waals surface area contributed by atoms with Crippen LogP contribution in [0.4, 0.5) is 26.3 Å². The van der Waals surface area contributed by atoms with Crippen LogP contribution in [0.3, 0.4) is 0 Å². The Balaban J connectivity index is 3.32. The summed E-state index contributed by atoms with van der Waals surface area (Å²) in [6, 6.07) is 0.919. The quantitative estimate of drug-likeness (QED) is 0.560. The van der Waals surface area contributed by atoms with Crippen molar-refractivity contribution >= 4 is 15.9 Å². The van der Waals surface area contributed by atoms with Gasteiger partial charge in [-0.2, -0.15) is 30.6 Å². The molecule has 1 aromatic carbocycles. The van der Waals surface area contributed by atoms with E-state index in [4.69, 9.17) is 5.73 Å². The van der Waals surface area contributed by atoms with Crippen LogP contribution in [0.1, 0.15) is 16.7 Å². The van der Waals surface area contributed by atoms with Crippen molar-refractivity contribution in [3.63, 3.8) is 0 Å². The number of rotatable bonds is 7. The summed E-state index contributed by atoms with van der Waals surface area (Å²) >= 11 is 0. The molecule has 1 aromatic rings. The second-order valence-electron chi connectivity index (χ2n) is 5.18. The van der Waals surface area contributed by atoms with Gasteiger partial charge in [0.05, 0.1) is 23.4 Å². The van der Waals surface area contributed by atoms with Gasteiger partial charge in [-0.05, 0) is 17.7 Å². The molecule has 0 heterocycles. The average Bonchev–Trinajstić information content (AvgIpc) is 2.43. The van der Waals surface area contributed by atoms with Gasteiger partial charge in [-0.25, -0.2) is 8.42 Å². The van der Waals surface area contributed by atoms with E-state index in [9.17, 15) is 39.6 Å². The minimum absolute atomic E-state index is 0.122. The number of hydrogen-bond donors (Lipinski definition) is 1. The van der Waals surface area contributed by atoms with Crippen molar-refractivity contribution in [2.24, 2.45) is 5.73 Å². The zero-order valence-corrected chi connectivity index (χ0v) is 13.9. The first-order valence-electron chi connectivity index (χ1n) is 6.83. The number of carbonyl (C=O) groups excluding carboxylic acids is 1. The smallest absolute Gasteiger partial charge is 0.369 e. The SMILES string of the molecule is C=CCN(CC(N)=O)S(=O)(=O)Cc1ccc(C(F)(F)F)c(C(F)(F)F)c1. The lowest BCUT2D eigenvalue weighted by Crippen LogP contribution is -2.39. The van der Waals surface area contributed by atoms with Crippen molar-refractivity contribution in [1.82, 2.24) is 4.31 Å². The van der Waals surface area contributed by atoms with Crippen LogP contribution < -0.4 is 5.73 Å². The Labute approximate surface area is 145 Å². The predicted octanol–water partition coefficient (Wildman–Crippen LogP) is 2.53. The third-order valence-electron chi connectivity index (χ3n) is 3.10. The van der Waals surface area contributed by atoms with Crippen LogP contribution >= 0.6 is 0 Å². The van der Waals surface area contributed by atoms with Gasteiger partial charge in [-0.1, -0.05) is 12.1 Å². The summed E-state index contributed by atoms with van der Waals surface area (Å²) in [5.74, 6) is -2.06. The minimum atomic E-state index is -5.33. The summed E-state index contributed by atoms with van der Waals surface area (Å²) in [7, 11) is -4.33. The van der Waals surface area contributed by atoms with Gasteiger partial charge < -0.3 is 5.73 Å². The minimum Gasteiger partial charge on any atom is -0.369 e. The van der Waals surface area contributed by atoms with E-state index in [-0.39, 0.29) is 18.7 Å². The van der Waals surface area contributed by atoms with Gasteiger partial charge in [0, 0.05) is 6.54 Å². The van der Waals surface area contributed by atoms with E-state index in [1.54, 1.807) is 0 Å². The zero-order chi connectivity index (χ0) is 20.3. The van der Waals surface area contributed by atoms with Crippen LogP contribution in [0.2, 0.25) is 0 Å². The Kier molecular flexibility index (Phi) is 6.47.